The van der Waals surface area contributed by atoms with E-state index in [1.54, 1.807) is 0 Å². The van der Waals surface area contributed by atoms with Gasteiger partial charge < -0.3 is 15.2 Å². The number of nitrogens with zero attached hydrogens (tertiary/aromatic N) is 2. The second kappa shape index (κ2) is 5.37. The number of hydrogen-bond acceptors (Lipinski definition) is 2. The zero-order chi connectivity index (χ0) is 15.0. The maximum absolute atomic E-state index is 12.7. The third-order valence-electron chi connectivity index (χ3n) is 4.40. The minimum absolute atomic E-state index is 0.00111. The van der Waals surface area contributed by atoms with Gasteiger partial charge in [-0.3, -0.25) is 4.79 Å². The van der Waals surface area contributed by atoms with Crippen LogP contribution in [-0.4, -0.2) is 21.9 Å². The fourth-order valence-electron chi connectivity index (χ4n) is 3.10. The number of carbonyl (C=O) groups excluding carboxylic acids is 1. The van der Waals surface area contributed by atoms with Crippen LogP contribution >= 0.6 is 0 Å². The number of rotatable bonds is 2. The van der Waals surface area contributed by atoms with Crippen molar-refractivity contribution >= 4 is 5.91 Å². The van der Waals surface area contributed by atoms with Crippen molar-refractivity contribution in [2.45, 2.75) is 32.5 Å². The zero-order valence-corrected chi connectivity index (χ0v) is 12.5. The highest BCUT2D eigenvalue weighted by Gasteiger charge is 2.31. The Morgan fingerprint density at radius 1 is 1.19 bits per heavy atom. The Hall–Kier alpha value is -2.07. The van der Waals surface area contributed by atoms with Gasteiger partial charge in [-0.25, -0.2) is 0 Å². The molecule has 1 aromatic carbocycles. The Morgan fingerprint density at radius 2 is 1.90 bits per heavy atom. The van der Waals surface area contributed by atoms with E-state index in [2.05, 4.69) is 30.5 Å². The minimum Gasteiger partial charge on any atom is -0.345 e. The summed E-state index contributed by atoms with van der Waals surface area (Å²) in [7, 11) is 0. The molecule has 1 aromatic heterocycles. The molecular formula is C17H21N3O. The van der Waals surface area contributed by atoms with Crippen LogP contribution in [0.5, 0.6) is 0 Å². The van der Waals surface area contributed by atoms with Gasteiger partial charge in [-0.05, 0) is 31.5 Å². The summed E-state index contributed by atoms with van der Waals surface area (Å²) in [5.74, 6) is -0.00111. The third-order valence-corrected chi connectivity index (χ3v) is 4.40. The van der Waals surface area contributed by atoms with Crippen LogP contribution in [0, 0.1) is 6.92 Å². The Labute approximate surface area is 125 Å². The highest BCUT2D eigenvalue weighted by Crippen LogP contribution is 2.29. The first-order valence-corrected chi connectivity index (χ1v) is 7.36. The molecule has 21 heavy (non-hydrogen) atoms. The van der Waals surface area contributed by atoms with E-state index < -0.39 is 6.04 Å². The van der Waals surface area contributed by atoms with Crippen molar-refractivity contribution in [2.24, 2.45) is 5.73 Å². The topological polar surface area (TPSA) is 51.3 Å². The van der Waals surface area contributed by atoms with Crippen molar-refractivity contribution in [2.75, 3.05) is 6.54 Å². The van der Waals surface area contributed by atoms with E-state index in [-0.39, 0.29) is 11.9 Å². The molecule has 0 spiro atoms. The zero-order valence-electron chi connectivity index (χ0n) is 12.5. The summed E-state index contributed by atoms with van der Waals surface area (Å²) in [4.78, 5) is 14.6. The monoisotopic (exact) mass is 283 g/mol. The number of nitrogens with two attached hydrogens (primary N) is 1. The minimum atomic E-state index is -0.587. The molecule has 1 unspecified atom stereocenters. The van der Waals surface area contributed by atoms with E-state index in [4.69, 9.17) is 5.73 Å². The molecule has 0 saturated carbocycles. The molecule has 2 aromatic rings. The Morgan fingerprint density at radius 3 is 2.62 bits per heavy atom. The van der Waals surface area contributed by atoms with Crippen molar-refractivity contribution in [1.29, 1.82) is 0 Å². The van der Waals surface area contributed by atoms with Crippen LogP contribution in [0.15, 0.2) is 42.5 Å². The van der Waals surface area contributed by atoms with Gasteiger partial charge in [0, 0.05) is 24.5 Å². The molecule has 3 rings (SSSR count). The molecule has 2 heterocycles. The number of carbonyl (C=O) groups is 1. The van der Waals surface area contributed by atoms with Gasteiger partial charge in [0.05, 0.1) is 6.04 Å². The highest BCUT2D eigenvalue weighted by atomic mass is 16.2. The summed E-state index contributed by atoms with van der Waals surface area (Å²) < 4.78 is 2.28. The summed E-state index contributed by atoms with van der Waals surface area (Å²) in [6, 6.07) is 13.3. The van der Waals surface area contributed by atoms with Crippen LogP contribution in [0.2, 0.25) is 0 Å². The van der Waals surface area contributed by atoms with Crippen molar-refractivity contribution in [3.8, 4) is 0 Å². The quantitative estimate of drug-likeness (QED) is 0.920. The van der Waals surface area contributed by atoms with Crippen molar-refractivity contribution < 1.29 is 4.79 Å². The fraction of sp³-hybridized carbons (Fsp3) is 0.353. The number of hydrogen-bond donors (Lipinski definition) is 1. The second-order valence-electron chi connectivity index (χ2n) is 5.65. The first-order valence-electron chi connectivity index (χ1n) is 7.36. The van der Waals surface area contributed by atoms with Crippen LogP contribution in [0.25, 0.3) is 0 Å². The first-order chi connectivity index (χ1) is 10.1. The maximum Gasteiger partial charge on any atom is 0.244 e. The van der Waals surface area contributed by atoms with Gasteiger partial charge in [0.25, 0.3) is 0 Å². The molecule has 0 fully saturated rings. The van der Waals surface area contributed by atoms with Crippen LogP contribution in [0.4, 0.5) is 0 Å². The number of aromatic nitrogens is 1. The molecule has 4 heteroatoms. The SMILES string of the molecule is Cc1ccc2n1CCN(C(=O)[C@@H](N)c1ccccc1)C2C. The van der Waals surface area contributed by atoms with E-state index in [0.717, 1.165) is 12.1 Å². The lowest BCUT2D eigenvalue weighted by molar-refractivity contribution is -0.136. The van der Waals surface area contributed by atoms with Gasteiger partial charge in [0.2, 0.25) is 5.91 Å². The highest BCUT2D eigenvalue weighted by molar-refractivity contribution is 5.83. The molecular weight excluding hydrogens is 262 g/mol. The van der Waals surface area contributed by atoms with Crippen molar-refractivity contribution in [3.63, 3.8) is 0 Å². The predicted octanol–water partition coefficient (Wildman–Crippen LogP) is 2.40. The predicted molar refractivity (Wildman–Crippen MR) is 82.7 cm³/mol. The molecule has 2 atom stereocenters. The second-order valence-corrected chi connectivity index (χ2v) is 5.65. The van der Waals surface area contributed by atoms with Crippen molar-refractivity contribution in [1.82, 2.24) is 9.47 Å². The molecule has 0 bridgehead atoms. The van der Waals surface area contributed by atoms with Crippen LogP contribution in [0.3, 0.4) is 0 Å². The van der Waals surface area contributed by atoms with E-state index in [9.17, 15) is 4.79 Å². The van der Waals surface area contributed by atoms with E-state index in [0.29, 0.717) is 6.54 Å². The summed E-state index contributed by atoms with van der Waals surface area (Å²) in [6.45, 7) is 5.72. The standard InChI is InChI=1S/C17H21N3O/c1-12-8-9-15-13(2)20(11-10-19(12)15)17(21)16(18)14-6-4-3-5-7-14/h3-9,13,16H,10-11,18H2,1-2H3/t13?,16-/m0/s1. The summed E-state index contributed by atoms with van der Waals surface area (Å²) in [6.07, 6.45) is 0. The molecule has 0 saturated heterocycles. The summed E-state index contributed by atoms with van der Waals surface area (Å²) in [5.41, 5.74) is 9.46. The lowest BCUT2D eigenvalue weighted by Crippen LogP contribution is -2.45. The van der Waals surface area contributed by atoms with Gasteiger partial charge in [-0.2, -0.15) is 0 Å². The van der Waals surface area contributed by atoms with E-state index in [1.807, 2.05) is 35.2 Å². The maximum atomic E-state index is 12.7. The number of fused-ring (bicyclic) bond motifs is 1. The first kappa shape index (κ1) is 13.9. The average Bonchev–Trinajstić information content (AvgIpc) is 2.89. The largest absolute Gasteiger partial charge is 0.345 e. The van der Waals surface area contributed by atoms with Crippen molar-refractivity contribution in [3.05, 3.63) is 59.4 Å². The van der Waals surface area contributed by atoms with Gasteiger partial charge >= 0.3 is 0 Å². The number of aryl methyl sites for hydroxylation is 1. The number of benzene rings is 1. The van der Waals surface area contributed by atoms with Gasteiger partial charge in [-0.1, -0.05) is 30.3 Å². The molecule has 0 radical (unpaired) electrons. The normalized spacial score (nSPS) is 19.2. The fourth-order valence-corrected chi connectivity index (χ4v) is 3.10. The molecule has 1 amide bonds. The van der Waals surface area contributed by atoms with Crippen LogP contribution < -0.4 is 5.73 Å². The van der Waals surface area contributed by atoms with E-state index in [1.165, 1.54) is 11.4 Å². The van der Waals surface area contributed by atoms with Gasteiger partial charge in [-0.15, -0.1) is 0 Å². The lowest BCUT2D eigenvalue weighted by atomic mass is 10.0. The third kappa shape index (κ3) is 2.36. The Bertz CT molecular complexity index is 647. The molecule has 4 nitrogen and oxygen atoms in total. The lowest BCUT2D eigenvalue weighted by Gasteiger charge is -2.37. The molecule has 0 aliphatic carbocycles. The Balaban J connectivity index is 1.83. The Kier molecular flexibility index (Phi) is 3.55. The smallest absolute Gasteiger partial charge is 0.244 e. The average molecular weight is 283 g/mol. The molecule has 2 N–H and O–H groups in total. The molecule has 1 aliphatic rings. The summed E-state index contributed by atoms with van der Waals surface area (Å²) in [5, 5.41) is 0. The van der Waals surface area contributed by atoms with Gasteiger partial charge in [0.1, 0.15) is 6.04 Å². The van der Waals surface area contributed by atoms with Crippen LogP contribution in [0.1, 0.15) is 36.0 Å². The number of amides is 1. The molecule has 110 valence electrons. The van der Waals surface area contributed by atoms with Gasteiger partial charge in [0.15, 0.2) is 0 Å². The molecule has 1 aliphatic heterocycles. The van der Waals surface area contributed by atoms with E-state index >= 15 is 0 Å². The van der Waals surface area contributed by atoms with Crippen LogP contribution in [-0.2, 0) is 11.3 Å². The summed E-state index contributed by atoms with van der Waals surface area (Å²) >= 11 is 0.